The van der Waals surface area contributed by atoms with Crippen LogP contribution in [-0.4, -0.2) is 34.8 Å². The Kier molecular flexibility index (Phi) is 7.03. The normalized spacial score (nSPS) is 11.1. The summed E-state index contributed by atoms with van der Waals surface area (Å²) in [5.74, 6) is 0. The predicted octanol–water partition coefficient (Wildman–Crippen LogP) is 2.42. The Morgan fingerprint density at radius 1 is 1.20 bits per heavy atom. The first-order valence-electron chi connectivity index (χ1n) is 6.11. The molecule has 0 saturated carbocycles. The number of hydrogen-bond donors (Lipinski definition) is 0. The minimum Gasteiger partial charge on any atom is -0.379 e. The summed E-state index contributed by atoms with van der Waals surface area (Å²) in [5.41, 5.74) is 9.03. The van der Waals surface area contributed by atoms with Crippen LogP contribution in [0.2, 0.25) is 0 Å². The van der Waals surface area contributed by atoms with E-state index >= 15 is 0 Å². The largest absolute Gasteiger partial charge is 0.379 e. The summed E-state index contributed by atoms with van der Waals surface area (Å²) in [6, 6.07) is 6.43. The van der Waals surface area contributed by atoms with Gasteiger partial charge >= 0.3 is 0 Å². The highest BCUT2D eigenvalue weighted by Gasteiger charge is 2.14. The smallest absolute Gasteiger partial charge is 0.297 e. The number of azide groups is 1. The van der Waals surface area contributed by atoms with Crippen molar-refractivity contribution in [1.29, 1.82) is 0 Å². The zero-order chi connectivity index (χ0) is 14.8. The second-order valence-corrected chi connectivity index (χ2v) is 5.62. The Hall–Kier alpha value is -1.60. The van der Waals surface area contributed by atoms with Crippen LogP contribution >= 0.6 is 0 Å². The van der Waals surface area contributed by atoms with Crippen LogP contribution in [0.25, 0.3) is 10.4 Å². The highest BCUT2D eigenvalue weighted by molar-refractivity contribution is 7.86. The molecule has 0 fully saturated rings. The first-order valence-corrected chi connectivity index (χ1v) is 7.52. The molecular formula is C12H17N3O4S. The molecule has 0 atom stereocenters. The average molecular weight is 299 g/mol. The van der Waals surface area contributed by atoms with E-state index in [1.807, 2.05) is 6.92 Å². The molecule has 110 valence electrons. The molecule has 0 N–H and O–H groups in total. The quantitative estimate of drug-likeness (QED) is 0.230. The average Bonchev–Trinajstić information content (AvgIpc) is 2.42. The highest BCUT2D eigenvalue weighted by Crippen LogP contribution is 2.12. The summed E-state index contributed by atoms with van der Waals surface area (Å²) in [7, 11) is -3.72. The van der Waals surface area contributed by atoms with Crippen molar-refractivity contribution in [2.24, 2.45) is 5.11 Å². The molecule has 0 aliphatic carbocycles. The van der Waals surface area contributed by atoms with Crippen LogP contribution in [0.3, 0.4) is 0 Å². The molecule has 0 aliphatic rings. The molecule has 1 aromatic carbocycles. The second kappa shape index (κ2) is 8.55. The van der Waals surface area contributed by atoms with Gasteiger partial charge in [0.25, 0.3) is 10.1 Å². The zero-order valence-corrected chi connectivity index (χ0v) is 12.0. The lowest BCUT2D eigenvalue weighted by molar-refractivity contribution is 0.101. The van der Waals surface area contributed by atoms with Gasteiger partial charge in [0.15, 0.2) is 0 Å². The number of benzene rings is 1. The predicted molar refractivity (Wildman–Crippen MR) is 73.8 cm³/mol. The molecule has 0 amide bonds. The van der Waals surface area contributed by atoms with E-state index in [0.717, 1.165) is 5.56 Å². The summed E-state index contributed by atoms with van der Waals surface area (Å²) in [6.07, 6.45) is 0.592. The van der Waals surface area contributed by atoms with Crippen LogP contribution in [0.5, 0.6) is 0 Å². The van der Waals surface area contributed by atoms with Crippen LogP contribution in [0.1, 0.15) is 12.0 Å². The van der Waals surface area contributed by atoms with Gasteiger partial charge in [-0.3, -0.25) is 4.18 Å². The molecular weight excluding hydrogens is 282 g/mol. The van der Waals surface area contributed by atoms with Crippen molar-refractivity contribution in [2.45, 2.75) is 18.2 Å². The van der Waals surface area contributed by atoms with Crippen molar-refractivity contribution in [2.75, 3.05) is 26.4 Å². The lowest BCUT2D eigenvalue weighted by Crippen LogP contribution is -2.12. The van der Waals surface area contributed by atoms with E-state index in [9.17, 15) is 8.42 Å². The third-order valence-corrected chi connectivity index (χ3v) is 3.71. The van der Waals surface area contributed by atoms with E-state index in [2.05, 4.69) is 10.0 Å². The number of ether oxygens (including phenoxy) is 1. The number of aryl methyl sites for hydroxylation is 1. The van der Waals surface area contributed by atoms with E-state index < -0.39 is 10.1 Å². The third kappa shape index (κ3) is 6.03. The molecule has 8 heteroatoms. The van der Waals surface area contributed by atoms with Crippen molar-refractivity contribution in [1.82, 2.24) is 0 Å². The Morgan fingerprint density at radius 3 is 2.55 bits per heavy atom. The summed E-state index contributed by atoms with van der Waals surface area (Å²) < 4.78 is 33.6. The first-order chi connectivity index (χ1) is 9.56. The van der Waals surface area contributed by atoms with Gasteiger partial charge in [0.2, 0.25) is 0 Å². The molecule has 0 saturated heterocycles. The second-order valence-electron chi connectivity index (χ2n) is 4.01. The van der Waals surface area contributed by atoms with Crippen molar-refractivity contribution in [3.8, 4) is 0 Å². The van der Waals surface area contributed by atoms with Crippen LogP contribution < -0.4 is 0 Å². The van der Waals surface area contributed by atoms with Crippen molar-refractivity contribution < 1.29 is 17.3 Å². The summed E-state index contributed by atoms with van der Waals surface area (Å²) in [4.78, 5) is 2.74. The van der Waals surface area contributed by atoms with Crippen molar-refractivity contribution in [3.05, 3.63) is 40.3 Å². The Morgan fingerprint density at radius 2 is 1.90 bits per heavy atom. The molecule has 0 radical (unpaired) electrons. The Bertz CT molecular complexity index is 551. The number of rotatable bonds is 9. The van der Waals surface area contributed by atoms with E-state index in [1.165, 1.54) is 12.1 Å². The van der Waals surface area contributed by atoms with Crippen LogP contribution in [0.15, 0.2) is 34.3 Å². The number of nitrogens with zero attached hydrogens (tertiary/aromatic N) is 3. The van der Waals surface area contributed by atoms with Gasteiger partial charge in [-0.1, -0.05) is 22.8 Å². The fraction of sp³-hybridized carbons (Fsp3) is 0.500. The molecule has 20 heavy (non-hydrogen) atoms. The summed E-state index contributed by atoms with van der Waals surface area (Å²) >= 11 is 0. The van der Waals surface area contributed by atoms with Crippen molar-refractivity contribution >= 4 is 10.1 Å². The van der Waals surface area contributed by atoms with Gasteiger partial charge < -0.3 is 4.74 Å². The fourth-order valence-electron chi connectivity index (χ4n) is 1.36. The maximum atomic E-state index is 11.8. The molecule has 0 bridgehead atoms. The lowest BCUT2D eigenvalue weighted by atomic mass is 10.2. The molecule has 7 nitrogen and oxygen atoms in total. The maximum Gasteiger partial charge on any atom is 0.297 e. The van der Waals surface area contributed by atoms with E-state index in [4.69, 9.17) is 14.5 Å². The van der Waals surface area contributed by atoms with Gasteiger partial charge in [-0.2, -0.15) is 8.42 Å². The number of hydrogen-bond acceptors (Lipinski definition) is 5. The van der Waals surface area contributed by atoms with Crippen molar-refractivity contribution in [3.63, 3.8) is 0 Å². The Labute approximate surface area is 118 Å². The standard InChI is InChI=1S/C12H17N3O4S/c1-11-3-5-12(6-4-11)20(16,17)19-10-9-18-8-2-7-14-15-13/h3-6H,2,7-10H2,1H3. The lowest BCUT2D eigenvalue weighted by Gasteiger charge is -2.06. The fourth-order valence-corrected chi connectivity index (χ4v) is 2.25. The van der Waals surface area contributed by atoms with Gasteiger partial charge in [0.05, 0.1) is 18.1 Å². The highest BCUT2D eigenvalue weighted by atomic mass is 32.2. The van der Waals surface area contributed by atoms with Gasteiger partial charge in [-0.25, -0.2) is 0 Å². The molecule has 1 aromatic rings. The van der Waals surface area contributed by atoms with E-state index in [1.54, 1.807) is 12.1 Å². The van der Waals surface area contributed by atoms with Crippen LogP contribution in [0.4, 0.5) is 0 Å². The van der Waals surface area contributed by atoms with Crippen LogP contribution in [0, 0.1) is 6.92 Å². The third-order valence-electron chi connectivity index (χ3n) is 2.39. The maximum absolute atomic E-state index is 11.8. The molecule has 0 aromatic heterocycles. The monoisotopic (exact) mass is 299 g/mol. The SMILES string of the molecule is Cc1ccc(S(=O)(=O)OCCOCCCN=[N+]=[N-])cc1. The van der Waals surface area contributed by atoms with E-state index in [0.29, 0.717) is 19.6 Å². The topological polar surface area (TPSA) is 101 Å². The summed E-state index contributed by atoms with van der Waals surface area (Å²) in [5, 5.41) is 3.35. The summed E-state index contributed by atoms with van der Waals surface area (Å²) in [6.45, 7) is 2.76. The van der Waals surface area contributed by atoms with Gasteiger partial charge in [-0.15, -0.1) is 0 Å². The molecule has 0 aliphatic heterocycles. The zero-order valence-electron chi connectivity index (χ0n) is 11.2. The molecule has 0 unspecified atom stereocenters. The minimum absolute atomic E-state index is 0.0439. The molecule has 0 heterocycles. The Balaban J connectivity index is 2.27. The van der Waals surface area contributed by atoms with Gasteiger partial charge in [-0.05, 0) is 31.0 Å². The molecule has 0 spiro atoms. The van der Waals surface area contributed by atoms with Crippen LogP contribution in [-0.2, 0) is 19.0 Å². The van der Waals surface area contributed by atoms with E-state index in [-0.39, 0.29) is 18.1 Å². The minimum atomic E-state index is -3.72. The molecule has 1 rings (SSSR count). The van der Waals surface area contributed by atoms with Gasteiger partial charge in [0, 0.05) is 18.1 Å². The van der Waals surface area contributed by atoms with Gasteiger partial charge in [0.1, 0.15) is 0 Å². The first kappa shape index (κ1) is 16.5.